The first-order valence-electron chi connectivity index (χ1n) is 6.10. The fourth-order valence-electron chi connectivity index (χ4n) is 2.30. The van der Waals surface area contributed by atoms with Gasteiger partial charge in [0.2, 0.25) is 5.95 Å². The predicted molar refractivity (Wildman–Crippen MR) is 65.4 cm³/mol. The molecule has 0 amide bonds. The molecular formula is C12H19FN4. The van der Waals surface area contributed by atoms with E-state index >= 15 is 0 Å². The summed E-state index contributed by atoms with van der Waals surface area (Å²) in [5.41, 5.74) is 0. The normalized spacial score (nSPS) is 22.5. The Hall–Kier alpha value is -1.23. The minimum Gasteiger partial charge on any atom is -0.340 e. The third-order valence-electron chi connectivity index (χ3n) is 3.51. The molecule has 0 aromatic carbocycles. The highest BCUT2D eigenvalue weighted by Crippen LogP contribution is 2.22. The SMILES string of the molecule is CNC(C)C1CCCN(c2ncc(F)cn2)C1. The average Bonchev–Trinajstić information content (AvgIpc) is 2.39. The molecule has 2 rings (SSSR count). The summed E-state index contributed by atoms with van der Waals surface area (Å²) in [4.78, 5) is 10.2. The first-order chi connectivity index (χ1) is 8.20. The monoisotopic (exact) mass is 238 g/mol. The maximum atomic E-state index is 12.8. The molecule has 17 heavy (non-hydrogen) atoms. The fraction of sp³-hybridized carbons (Fsp3) is 0.667. The molecule has 1 aliphatic rings. The van der Waals surface area contributed by atoms with Gasteiger partial charge in [0.1, 0.15) is 0 Å². The van der Waals surface area contributed by atoms with Gasteiger partial charge in [-0.15, -0.1) is 0 Å². The number of rotatable bonds is 3. The van der Waals surface area contributed by atoms with E-state index in [0.717, 1.165) is 19.5 Å². The molecule has 1 aromatic heterocycles. The largest absolute Gasteiger partial charge is 0.340 e. The Morgan fingerprint density at radius 2 is 2.18 bits per heavy atom. The van der Waals surface area contributed by atoms with E-state index in [-0.39, 0.29) is 5.82 Å². The second-order valence-corrected chi connectivity index (χ2v) is 4.63. The van der Waals surface area contributed by atoms with E-state index in [2.05, 4.69) is 27.1 Å². The van der Waals surface area contributed by atoms with E-state index in [4.69, 9.17) is 0 Å². The van der Waals surface area contributed by atoms with E-state index in [9.17, 15) is 4.39 Å². The minimum absolute atomic E-state index is 0.383. The number of halogens is 1. The Morgan fingerprint density at radius 1 is 1.47 bits per heavy atom. The molecule has 0 radical (unpaired) electrons. The lowest BCUT2D eigenvalue weighted by molar-refractivity contribution is 0.331. The van der Waals surface area contributed by atoms with Crippen molar-refractivity contribution in [3.63, 3.8) is 0 Å². The van der Waals surface area contributed by atoms with Gasteiger partial charge in [0.15, 0.2) is 5.82 Å². The topological polar surface area (TPSA) is 41.0 Å². The molecule has 2 heterocycles. The van der Waals surface area contributed by atoms with Crippen LogP contribution in [0.3, 0.4) is 0 Å². The van der Waals surface area contributed by atoms with Crippen LogP contribution in [0.5, 0.6) is 0 Å². The Labute approximate surface area is 101 Å². The molecule has 1 aliphatic heterocycles. The van der Waals surface area contributed by atoms with Gasteiger partial charge < -0.3 is 10.2 Å². The molecule has 0 bridgehead atoms. The summed E-state index contributed by atoms with van der Waals surface area (Å²) in [6.07, 6.45) is 4.82. The van der Waals surface area contributed by atoms with Gasteiger partial charge in [-0.1, -0.05) is 0 Å². The van der Waals surface area contributed by atoms with Crippen molar-refractivity contribution in [3.05, 3.63) is 18.2 Å². The van der Waals surface area contributed by atoms with E-state index < -0.39 is 0 Å². The van der Waals surface area contributed by atoms with Gasteiger partial charge in [0.25, 0.3) is 0 Å². The molecule has 0 aliphatic carbocycles. The highest BCUT2D eigenvalue weighted by Gasteiger charge is 2.25. The number of nitrogens with one attached hydrogen (secondary N) is 1. The minimum atomic E-state index is -0.383. The van der Waals surface area contributed by atoms with Crippen LogP contribution in [0.1, 0.15) is 19.8 Å². The molecule has 2 unspecified atom stereocenters. The number of anilines is 1. The van der Waals surface area contributed by atoms with Crippen LogP contribution < -0.4 is 10.2 Å². The van der Waals surface area contributed by atoms with Crippen LogP contribution in [0.25, 0.3) is 0 Å². The summed E-state index contributed by atoms with van der Waals surface area (Å²) in [5.74, 6) is 0.854. The number of nitrogens with zero attached hydrogens (tertiary/aromatic N) is 3. The lowest BCUT2D eigenvalue weighted by atomic mass is 9.92. The van der Waals surface area contributed by atoms with E-state index in [1.165, 1.54) is 18.8 Å². The summed E-state index contributed by atoms with van der Waals surface area (Å²) >= 11 is 0. The Morgan fingerprint density at radius 3 is 2.82 bits per heavy atom. The number of piperidine rings is 1. The Bertz CT molecular complexity index is 354. The molecular weight excluding hydrogens is 219 g/mol. The van der Waals surface area contributed by atoms with Gasteiger partial charge in [-0.2, -0.15) is 0 Å². The van der Waals surface area contributed by atoms with Crippen LogP contribution in [-0.2, 0) is 0 Å². The highest BCUT2D eigenvalue weighted by molar-refractivity contribution is 5.29. The van der Waals surface area contributed by atoms with Crippen LogP contribution >= 0.6 is 0 Å². The van der Waals surface area contributed by atoms with E-state index in [1.807, 2.05) is 7.05 Å². The summed E-state index contributed by atoms with van der Waals surface area (Å²) in [7, 11) is 1.98. The number of hydrogen-bond donors (Lipinski definition) is 1. The number of hydrogen-bond acceptors (Lipinski definition) is 4. The maximum absolute atomic E-state index is 12.8. The summed E-state index contributed by atoms with van der Waals surface area (Å²) < 4.78 is 12.8. The van der Waals surface area contributed by atoms with Gasteiger partial charge in [-0.25, -0.2) is 14.4 Å². The van der Waals surface area contributed by atoms with Crippen molar-refractivity contribution in [2.24, 2.45) is 5.92 Å². The molecule has 4 nitrogen and oxygen atoms in total. The van der Waals surface area contributed by atoms with Crippen molar-refractivity contribution >= 4 is 5.95 Å². The maximum Gasteiger partial charge on any atom is 0.225 e. The third kappa shape index (κ3) is 2.91. The first-order valence-corrected chi connectivity index (χ1v) is 6.10. The van der Waals surface area contributed by atoms with Crippen molar-refractivity contribution in [1.29, 1.82) is 0 Å². The van der Waals surface area contributed by atoms with Crippen LogP contribution in [0.15, 0.2) is 12.4 Å². The molecule has 1 aromatic rings. The van der Waals surface area contributed by atoms with Crippen LogP contribution in [0, 0.1) is 11.7 Å². The van der Waals surface area contributed by atoms with Crippen LogP contribution in [0.2, 0.25) is 0 Å². The highest BCUT2D eigenvalue weighted by atomic mass is 19.1. The molecule has 1 saturated heterocycles. The zero-order valence-corrected chi connectivity index (χ0v) is 10.4. The van der Waals surface area contributed by atoms with Crippen LogP contribution in [-0.4, -0.2) is 36.1 Å². The molecule has 0 saturated carbocycles. The van der Waals surface area contributed by atoms with Gasteiger partial charge in [-0.3, -0.25) is 0 Å². The molecule has 0 spiro atoms. The lowest BCUT2D eigenvalue weighted by Gasteiger charge is -2.35. The van der Waals surface area contributed by atoms with E-state index in [1.54, 1.807) is 0 Å². The van der Waals surface area contributed by atoms with Gasteiger partial charge in [-0.05, 0) is 32.7 Å². The molecule has 1 N–H and O–H groups in total. The second-order valence-electron chi connectivity index (χ2n) is 4.63. The zero-order valence-electron chi connectivity index (χ0n) is 10.4. The number of aromatic nitrogens is 2. The van der Waals surface area contributed by atoms with Gasteiger partial charge in [0, 0.05) is 19.1 Å². The van der Waals surface area contributed by atoms with Crippen molar-refractivity contribution in [2.75, 3.05) is 25.0 Å². The Balaban J connectivity index is 2.04. The van der Waals surface area contributed by atoms with Crippen molar-refractivity contribution in [2.45, 2.75) is 25.8 Å². The van der Waals surface area contributed by atoms with Crippen molar-refractivity contribution in [1.82, 2.24) is 15.3 Å². The van der Waals surface area contributed by atoms with Crippen molar-refractivity contribution < 1.29 is 4.39 Å². The zero-order chi connectivity index (χ0) is 12.3. The Kier molecular flexibility index (Phi) is 3.89. The first kappa shape index (κ1) is 12.2. The summed E-state index contributed by atoms with van der Waals surface area (Å²) in [6.45, 7) is 4.09. The van der Waals surface area contributed by atoms with Gasteiger partial charge >= 0.3 is 0 Å². The standard InChI is InChI=1S/C12H19FN4/c1-9(14-2)10-4-3-5-17(8-10)12-15-6-11(13)7-16-12/h6-7,9-10,14H,3-5,8H2,1-2H3. The lowest BCUT2D eigenvalue weighted by Crippen LogP contribution is -2.44. The smallest absolute Gasteiger partial charge is 0.225 e. The predicted octanol–water partition coefficient (Wildman–Crippen LogP) is 1.44. The molecule has 2 atom stereocenters. The molecule has 94 valence electrons. The van der Waals surface area contributed by atoms with E-state index in [0.29, 0.717) is 17.9 Å². The van der Waals surface area contributed by atoms with Crippen molar-refractivity contribution in [3.8, 4) is 0 Å². The second kappa shape index (κ2) is 5.40. The average molecular weight is 238 g/mol. The van der Waals surface area contributed by atoms with Crippen LogP contribution in [0.4, 0.5) is 10.3 Å². The quantitative estimate of drug-likeness (QED) is 0.865. The molecule has 5 heteroatoms. The van der Waals surface area contributed by atoms with Gasteiger partial charge in [0.05, 0.1) is 12.4 Å². The fourth-order valence-corrected chi connectivity index (χ4v) is 2.30. The summed E-state index contributed by atoms with van der Waals surface area (Å²) in [5, 5.41) is 3.29. The third-order valence-corrected chi connectivity index (χ3v) is 3.51. The summed E-state index contributed by atoms with van der Waals surface area (Å²) in [6, 6.07) is 0.484. The molecule has 1 fully saturated rings.